The standard InChI is InChI=1S/C25H27N3OS2/c1-5-31-28-23-11-10-20-21(23)7-6-8-22(20)25(15-27-4)30-16-18-9-12-24(29-17(2)3)19(13-18)14-26/h5-9,12-13,15,17,23,28H,1,4,10-11,16H2,2-3H3/b25-15-. The van der Waals surface area contributed by atoms with E-state index in [2.05, 4.69) is 47.3 Å². The number of hydrogen-bond donors (Lipinski definition) is 1. The fourth-order valence-electron chi connectivity index (χ4n) is 3.68. The van der Waals surface area contributed by atoms with E-state index >= 15 is 0 Å². The highest BCUT2D eigenvalue weighted by Crippen LogP contribution is 2.41. The Balaban J connectivity index is 1.80. The van der Waals surface area contributed by atoms with Crippen LogP contribution < -0.4 is 9.46 Å². The molecule has 160 valence electrons. The Hall–Kier alpha value is -2.46. The predicted octanol–water partition coefficient (Wildman–Crippen LogP) is 6.65. The number of benzene rings is 2. The zero-order valence-electron chi connectivity index (χ0n) is 17.9. The van der Waals surface area contributed by atoms with E-state index in [1.807, 2.05) is 43.7 Å². The van der Waals surface area contributed by atoms with Crippen molar-refractivity contribution >= 4 is 35.3 Å². The molecule has 0 saturated heterocycles. The van der Waals surface area contributed by atoms with Crippen molar-refractivity contribution in [2.24, 2.45) is 4.99 Å². The van der Waals surface area contributed by atoms with Gasteiger partial charge < -0.3 is 4.74 Å². The van der Waals surface area contributed by atoms with E-state index in [9.17, 15) is 5.26 Å². The first-order chi connectivity index (χ1) is 15.1. The molecule has 0 amide bonds. The maximum absolute atomic E-state index is 9.50. The van der Waals surface area contributed by atoms with E-state index in [1.165, 1.54) is 28.6 Å². The van der Waals surface area contributed by atoms with E-state index in [0.717, 1.165) is 29.1 Å². The second-order valence-corrected chi connectivity index (χ2v) is 9.26. The number of hydrogen-bond acceptors (Lipinski definition) is 6. The molecule has 0 aliphatic heterocycles. The number of rotatable bonds is 10. The number of nitrogens with zero attached hydrogens (tertiary/aromatic N) is 2. The van der Waals surface area contributed by atoms with Crippen LogP contribution in [0, 0.1) is 11.3 Å². The molecule has 0 heterocycles. The number of fused-ring (bicyclic) bond motifs is 1. The van der Waals surface area contributed by atoms with Crippen LogP contribution in [-0.2, 0) is 12.2 Å². The van der Waals surface area contributed by atoms with Crippen LogP contribution in [0.15, 0.2) is 59.6 Å². The van der Waals surface area contributed by atoms with Crippen LogP contribution in [0.4, 0.5) is 0 Å². The van der Waals surface area contributed by atoms with Crippen molar-refractivity contribution in [3.63, 3.8) is 0 Å². The molecule has 4 nitrogen and oxygen atoms in total. The van der Waals surface area contributed by atoms with E-state index in [-0.39, 0.29) is 6.10 Å². The first-order valence-corrected chi connectivity index (χ1v) is 12.1. The van der Waals surface area contributed by atoms with Crippen LogP contribution in [0.1, 0.15) is 54.1 Å². The molecule has 1 unspecified atom stereocenters. The van der Waals surface area contributed by atoms with Crippen molar-refractivity contribution in [1.82, 2.24) is 4.72 Å². The van der Waals surface area contributed by atoms with Gasteiger partial charge in [-0.1, -0.05) is 42.8 Å². The molecule has 0 bridgehead atoms. The minimum atomic E-state index is 0.0314. The van der Waals surface area contributed by atoms with Crippen LogP contribution in [0.5, 0.6) is 5.75 Å². The lowest BCUT2D eigenvalue weighted by Gasteiger charge is -2.15. The van der Waals surface area contributed by atoms with Crippen molar-refractivity contribution in [3.05, 3.63) is 82.4 Å². The molecule has 0 radical (unpaired) electrons. The number of ether oxygens (including phenoxy) is 1. The van der Waals surface area contributed by atoms with Gasteiger partial charge in [-0.15, -0.1) is 11.8 Å². The van der Waals surface area contributed by atoms with E-state index in [1.54, 1.807) is 11.8 Å². The fourth-order valence-corrected chi connectivity index (χ4v) is 5.18. The minimum Gasteiger partial charge on any atom is -0.490 e. The molecule has 1 aliphatic carbocycles. The van der Waals surface area contributed by atoms with E-state index < -0.39 is 0 Å². The Labute approximate surface area is 193 Å². The summed E-state index contributed by atoms with van der Waals surface area (Å²) in [6, 6.07) is 14.9. The van der Waals surface area contributed by atoms with E-state index in [4.69, 9.17) is 4.74 Å². The van der Waals surface area contributed by atoms with Crippen molar-refractivity contribution in [2.75, 3.05) is 0 Å². The van der Waals surface area contributed by atoms with Gasteiger partial charge in [0.15, 0.2) is 0 Å². The van der Waals surface area contributed by atoms with Crippen molar-refractivity contribution in [3.8, 4) is 11.8 Å². The van der Waals surface area contributed by atoms with Gasteiger partial charge in [-0.05, 0) is 73.2 Å². The molecule has 0 saturated carbocycles. The van der Waals surface area contributed by atoms with Gasteiger partial charge in [-0.25, -0.2) is 0 Å². The Morgan fingerprint density at radius 1 is 1.39 bits per heavy atom. The Kier molecular flexibility index (Phi) is 8.42. The molecular weight excluding hydrogens is 422 g/mol. The molecular formula is C25H27N3OS2. The van der Waals surface area contributed by atoms with Gasteiger partial charge >= 0.3 is 0 Å². The Morgan fingerprint density at radius 3 is 2.94 bits per heavy atom. The molecule has 31 heavy (non-hydrogen) atoms. The molecule has 0 fully saturated rings. The SMILES string of the molecule is C=CSNC1CCc2c(/C(=C/N=C)SCc3ccc(OC(C)C)c(C#N)c3)cccc21. The second kappa shape index (κ2) is 11.2. The average molecular weight is 450 g/mol. The lowest BCUT2D eigenvalue weighted by Crippen LogP contribution is -2.09. The lowest BCUT2D eigenvalue weighted by molar-refractivity contribution is 0.241. The predicted molar refractivity (Wildman–Crippen MR) is 134 cm³/mol. The summed E-state index contributed by atoms with van der Waals surface area (Å²) in [6.45, 7) is 11.4. The summed E-state index contributed by atoms with van der Waals surface area (Å²) in [6.07, 6.45) is 3.95. The largest absolute Gasteiger partial charge is 0.490 e. The Morgan fingerprint density at radius 2 is 2.23 bits per heavy atom. The third kappa shape index (κ3) is 5.82. The summed E-state index contributed by atoms with van der Waals surface area (Å²) < 4.78 is 9.20. The molecule has 0 aromatic heterocycles. The molecule has 2 aromatic carbocycles. The third-order valence-corrected chi connectivity index (χ3v) is 6.66. The summed E-state index contributed by atoms with van der Waals surface area (Å²) in [7, 11) is 0. The van der Waals surface area contributed by atoms with Crippen LogP contribution in [-0.4, -0.2) is 12.8 Å². The van der Waals surface area contributed by atoms with Gasteiger partial charge in [0.1, 0.15) is 11.8 Å². The molecule has 1 N–H and O–H groups in total. The number of nitriles is 1. The topological polar surface area (TPSA) is 57.4 Å². The van der Waals surface area contributed by atoms with Gasteiger partial charge in [0.2, 0.25) is 0 Å². The highest BCUT2D eigenvalue weighted by atomic mass is 32.2. The van der Waals surface area contributed by atoms with Gasteiger partial charge in [-0.2, -0.15) is 5.26 Å². The quantitative estimate of drug-likeness (QED) is 0.325. The van der Waals surface area contributed by atoms with E-state index in [0.29, 0.717) is 17.4 Å². The highest BCUT2D eigenvalue weighted by Gasteiger charge is 2.25. The number of aliphatic imine (C=N–C) groups is 1. The molecule has 0 spiro atoms. The molecule has 3 rings (SSSR count). The molecule has 1 aliphatic rings. The summed E-state index contributed by atoms with van der Waals surface area (Å²) in [4.78, 5) is 5.15. The summed E-state index contributed by atoms with van der Waals surface area (Å²) in [5.74, 6) is 1.36. The summed E-state index contributed by atoms with van der Waals surface area (Å²) >= 11 is 3.25. The molecule has 1 atom stereocenters. The van der Waals surface area contributed by atoms with Crippen LogP contribution >= 0.6 is 23.7 Å². The maximum atomic E-state index is 9.50. The molecule has 2 aromatic rings. The first kappa shape index (κ1) is 23.2. The van der Waals surface area contributed by atoms with Crippen molar-refractivity contribution < 1.29 is 4.74 Å². The van der Waals surface area contributed by atoms with Crippen molar-refractivity contribution in [1.29, 1.82) is 5.26 Å². The average Bonchev–Trinajstić information content (AvgIpc) is 3.18. The van der Waals surface area contributed by atoms with Gasteiger partial charge in [0.05, 0.1) is 11.7 Å². The maximum Gasteiger partial charge on any atom is 0.137 e. The highest BCUT2D eigenvalue weighted by molar-refractivity contribution is 8.07. The zero-order chi connectivity index (χ0) is 22.2. The molecule has 6 heteroatoms. The summed E-state index contributed by atoms with van der Waals surface area (Å²) in [5.41, 5.74) is 5.55. The first-order valence-electron chi connectivity index (χ1n) is 10.2. The Bertz CT molecular complexity index is 1020. The zero-order valence-corrected chi connectivity index (χ0v) is 19.6. The van der Waals surface area contributed by atoms with Crippen LogP contribution in [0.3, 0.4) is 0 Å². The van der Waals surface area contributed by atoms with Gasteiger partial charge in [0, 0.05) is 22.9 Å². The summed E-state index contributed by atoms with van der Waals surface area (Å²) in [5, 5.41) is 11.3. The monoisotopic (exact) mass is 449 g/mol. The van der Waals surface area contributed by atoms with Crippen molar-refractivity contribution in [2.45, 2.75) is 44.6 Å². The van der Waals surface area contributed by atoms with Crippen LogP contribution in [0.2, 0.25) is 0 Å². The van der Waals surface area contributed by atoms with Crippen LogP contribution in [0.25, 0.3) is 4.91 Å². The second-order valence-electron chi connectivity index (χ2n) is 7.44. The number of thioether (sulfide) groups is 1. The van der Waals surface area contributed by atoms with Gasteiger partial charge in [0.25, 0.3) is 0 Å². The lowest BCUT2D eigenvalue weighted by atomic mass is 10.0. The third-order valence-electron chi connectivity index (χ3n) is 4.96. The fraction of sp³-hybridized carbons (Fsp3) is 0.280. The number of nitrogens with one attached hydrogen (secondary N) is 1. The normalized spacial score (nSPS) is 15.4. The minimum absolute atomic E-state index is 0.0314. The smallest absolute Gasteiger partial charge is 0.137 e. The van der Waals surface area contributed by atoms with Gasteiger partial charge in [-0.3, -0.25) is 9.71 Å².